The molecular weight excluding hydrogens is 446 g/mol. The average molecular weight is 464 g/mol. The number of rotatable bonds is 0. The fraction of sp³-hybridized carbons (Fsp3) is 0. The molecule has 0 saturated heterocycles. The summed E-state index contributed by atoms with van der Waals surface area (Å²) in [7, 11) is 0. The summed E-state index contributed by atoms with van der Waals surface area (Å²) in [6, 6.07) is 35.0. The lowest BCUT2D eigenvalue weighted by Crippen LogP contribution is -1.90. The minimum atomic E-state index is 0.935. The summed E-state index contributed by atoms with van der Waals surface area (Å²) in [5.41, 5.74) is 4.37. The van der Waals surface area contributed by atoms with Crippen molar-refractivity contribution in [2.45, 2.75) is 0 Å². The largest absolute Gasteiger partial charge is 0.456 e. The van der Waals surface area contributed by atoms with E-state index in [-0.39, 0.29) is 0 Å². The lowest BCUT2D eigenvalue weighted by molar-refractivity contribution is 0.669. The highest BCUT2D eigenvalue weighted by atomic mass is 32.1. The first-order chi connectivity index (χ1) is 17.3. The third kappa shape index (κ3) is 2.20. The fourth-order valence-electron chi connectivity index (χ4n) is 6.08. The van der Waals surface area contributed by atoms with Gasteiger partial charge in [0.1, 0.15) is 11.2 Å². The number of furan rings is 1. The maximum Gasteiger partial charge on any atom is 0.136 e. The van der Waals surface area contributed by atoms with E-state index in [1.165, 1.54) is 63.5 Å². The molecule has 162 valence electrons. The van der Waals surface area contributed by atoms with Crippen LogP contribution in [0.5, 0.6) is 0 Å². The minimum Gasteiger partial charge on any atom is -0.456 e. The molecule has 2 nitrogen and oxygen atoms in total. The Kier molecular flexibility index (Phi) is 3.20. The predicted molar refractivity (Wildman–Crippen MR) is 150 cm³/mol. The van der Waals surface area contributed by atoms with E-state index in [1.807, 2.05) is 17.4 Å². The van der Waals surface area contributed by atoms with Crippen molar-refractivity contribution in [2.24, 2.45) is 0 Å². The van der Waals surface area contributed by atoms with E-state index in [9.17, 15) is 0 Å². The van der Waals surface area contributed by atoms with Gasteiger partial charge in [-0.2, -0.15) is 0 Å². The average Bonchev–Trinajstić information content (AvgIpc) is 3.58. The highest BCUT2D eigenvalue weighted by Crippen LogP contribution is 2.45. The van der Waals surface area contributed by atoms with Crippen molar-refractivity contribution in [3.05, 3.63) is 103 Å². The number of nitrogens with zero attached hydrogens (tertiary/aromatic N) is 1. The van der Waals surface area contributed by atoms with Crippen LogP contribution in [-0.2, 0) is 0 Å². The molecule has 0 fully saturated rings. The highest BCUT2D eigenvalue weighted by molar-refractivity contribution is 7.26. The van der Waals surface area contributed by atoms with Crippen LogP contribution >= 0.6 is 11.3 Å². The van der Waals surface area contributed by atoms with Gasteiger partial charge in [-0.05, 0) is 41.8 Å². The maximum absolute atomic E-state index is 6.37. The Morgan fingerprint density at radius 1 is 0.543 bits per heavy atom. The molecule has 0 unspecified atom stereocenters. The molecule has 0 radical (unpaired) electrons. The van der Waals surface area contributed by atoms with Crippen molar-refractivity contribution >= 4 is 91.4 Å². The molecule has 0 bridgehead atoms. The number of aromatic nitrogens is 1. The van der Waals surface area contributed by atoms with Gasteiger partial charge in [-0.3, -0.25) is 0 Å². The first kappa shape index (κ1) is 18.0. The van der Waals surface area contributed by atoms with Crippen LogP contribution in [0.3, 0.4) is 0 Å². The van der Waals surface area contributed by atoms with Crippen LogP contribution in [0, 0.1) is 0 Å². The monoisotopic (exact) mass is 463 g/mol. The Balaban J connectivity index is 1.66. The first-order valence-electron chi connectivity index (χ1n) is 11.9. The highest BCUT2D eigenvalue weighted by Gasteiger charge is 2.19. The minimum absolute atomic E-state index is 0.935. The van der Waals surface area contributed by atoms with Gasteiger partial charge < -0.3 is 8.82 Å². The van der Waals surface area contributed by atoms with E-state index in [2.05, 4.69) is 102 Å². The second-order valence-electron chi connectivity index (χ2n) is 9.36. The van der Waals surface area contributed by atoms with Crippen LogP contribution in [0.15, 0.2) is 108 Å². The van der Waals surface area contributed by atoms with Crippen LogP contribution in [0.2, 0.25) is 0 Å². The lowest BCUT2D eigenvalue weighted by atomic mass is 9.98. The predicted octanol–water partition coefficient (Wildman–Crippen LogP) is 9.67. The molecule has 0 amide bonds. The van der Waals surface area contributed by atoms with E-state index in [0.29, 0.717) is 0 Å². The van der Waals surface area contributed by atoms with E-state index in [0.717, 1.165) is 16.6 Å². The van der Waals surface area contributed by atoms with Crippen LogP contribution < -0.4 is 0 Å². The van der Waals surface area contributed by atoms with Gasteiger partial charge in [0.2, 0.25) is 0 Å². The Morgan fingerprint density at radius 3 is 2.29 bits per heavy atom. The van der Waals surface area contributed by atoms with E-state index < -0.39 is 0 Å². The van der Waals surface area contributed by atoms with Crippen LogP contribution in [0.25, 0.3) is 80.1 Å². The summed E-state index contributed by atoms with van der Waals surface area (Å²) in [5, 5.41) is 11.3. The molecule has 9 aromatic rings. The zero-order valence-corrected chi connectivity index (χ0v) is 19.4. The Labute approximate surface area is 203 Å². The van der Waals surface area contributed by atoms with Crippen LogP contribution in [0.4, 0.5) is 0 Å². The molecule has 4 heterocycles. The zero-order chi connectivity index (χ0) is 22.7. The van der Waals surface area contributed by atoms with Gasteiger partial charge in [-0.25, -0.2) is 0 Å². The Bertz CT molecular complexity index is 2330. The lowest BCUT2D eigenvalue weighted by Gasteiger charge is -2.11. The standard InChI is InChI=1S/C32H17NOS/c1-2-8-19-18(7-1)17-33-25-13-14-29-31(21-10-4-6-12-28(21)35-29)30(25)23-16-27-22(15-24(23)32(19)33)20-9-3-5-11-26(20)34-27/h1-17H. The van der Waals surface area contributed by atoms with Crippen LogP contribution in [-0.4, -0.2) is 4.40 Å². The van der Waals surface area contributed by atoms with Gasteiger partial charge >= 0.3 is 0 Å². The van der Waals surface area contributed by atoms with Crippen molar-refractivity contribution in [2.75, 3.05) is 0 Å². The maximum atomic E-state index is 6.37. The Morgan fingerprint density at radius 2 is 1.34 bits per heavy atom. The summed E-state index contributed by atoms with van der Waals surface area (Å²) in [5.74, 6) is 0. The number of thiophene rings is 1. The van der Waals surface area contributed by atoms with E-state index in [4.69, 9.17) is 4.42 Å². The van der Waals surface area contributed by atoms with Crippen molar-refractivity contribution in [3.63, 3.8) is 0 Å². The molecule has 0 aliphatic rings. The second-order valence-corrected chi connectivity index (χ2v) is 10.4. The quantitative estimate of drug-likeness (QED) is 0.205. The summed E-state index contributed by atoms with van der Waals surface area (Å²) in [6.07, 6.45) is 2.30. The molecule has 0 aliphatic carbocycles. The van der Waals surface area contributed by atoms with Gasteiger partial charge in [0.25, 0.3) is 0 Å². The number of benzene rings is 5. The SMILES string of the molecule is c1ccc2c(c1)cn1c3ccc4sc5ccccc5c4c3c3cc4oc5ccccc5c4cc3c21. The van der Waals surface area contributed by atoms with Crippen molar-refractivity contribution in [1.29, 1.82) is 0 Å². The summed E-state index contributed by atoms with van der Waals surface area (Å²) in [6.45, 7) is 0. The molecule has 0 aliphatic heterocycles. The number of hydrogen-bond donors (Lipinski definition) is 0. The molecular formula is C32H17NOS. The van der Waals surface area contributed by atoms with Crippen molar-refractivity contribution in [1.82, 2.24) is 4.40 Å². The molecule has 5 aromatic carbocycles. The normalized spacial score (nSPS) is 12.6. The van der Waals surface area contributed by atoms with Crippen LogP contribution in [0.1, 0.15) is 0 Å². The van der Waals surface area contributed by atoms with Gasteiger partial charge in [0, 0.05) is 58.7 Å². The number of pyridine rings is 1. The van der Waals surface area contributed by atoms with E-state index in [1.54, 1.807) is 0 Å². The van der Waals surface area contributed by atoms with Gasteiger partial charge in [0.05, 0.1) is 11.0 Å². The van der Waals surface area contributed by atoms with Gasteiger partial charge in [-0.15, -0.1) is 11.3 Å². The van der Waals surface area contributed by atoms with E-state index >= 15 is 0 Å². The molecule has 0 atom stereocenters. The molecule has 4 aromatic heterocycles. The number of fused-ring (bicyclic) bond motifs is 15. The summed E-state index contributed by atoms with van der Waals surface area (Å²) >= 11 is 1.87. The number of para-hydroxylation sites is 1. The molecule has 3 heteroatoms. The molecule has 9 rings (SSSR count). The third-order valence-corrected chi connectivity index (χ3v) is 8.68. The smallest absolute Gasteiger partial charge is 0.136 e. The van der Waals surface area contributed by atoms with Gasteiger partial charge in [-0.1, -0.05) is 60.7 Å². The number of hydrogen-bond acceptors (Lipinski definition) is 2. The molecule has 0 saturated carbocycles. The zero-order valence-electron chi connectivity index (χ0n) is 18.6. The topological polar surface area (TPSA) is 17.6 Å². The summed E-state index contributed by atoms with van der Waals surface area (Å²) < 4.78 is 11.4. The van der Waals surface area contributed by atoms with Crippen molar-refractivity contribution < 1.29 is 4.42 Å². The second kappa shape index (κ2) is 6.21. The molecule has 0 N–H and O–H groups in total. The fourth-order valence-corrected chi connectivity index (χ4v) is 7.19. The Hall–Kier alpha value is -4.34. The van der Waals surface area contributed by atoms with Crippen molar-refractivity contribution in [3.8, 4) is 0 Å². The molecule has 0 spiro atoms. The first-order valence-corrected chi connectivity index (χ1v) is 12.7. The molecule has 35 heavy (non-hydrogen) atoms. The van der Waals surface area contributed by atoms with Gasteiger partial charge in [0.15, 0.2) is 0 Å². The summed E-state index contributed by atoms with van der Waals surface area (Å²) in [4.78, 5) is 0. The third-order valence-electron chi connectivity index (χ3n) is 7.55.